The average Bonchev–Trinajstić information content (AvgIpc) is 3.21. The summed E-state index contributed by atoms with van der Waals surface area (Å²) in [5.41, 5.74) is 1.91. The third-order valence-corrected chi connectivity index (χ3v) is 4.84. The number of rotatable bonds is 8. The second kappa shape index (κ2) is 10.3. The molecule has 1 aliphatic heterocycles. The van der Waals surface area contributed by atoms with E-state index in [-0.39, 0.29) is 17.9 Å². The summed E-state index contributed by atoms with van der Waals surface area (Å²) in [5.74, 6) is 1.02. The van der Waals surface area contributed by atoms with Crippen molar-refractivity contribution in [2.45, 2.75) is 39.4 Å². The van der Waals surface area contributed by atoms with Gasteiger partial charge >= 0.3 is 6.03 Å². The van der Waals surface area contributed by atoms with Crippen LogP contribution in [-0.4, -0.2) is 36.7 Å². The minimum absolute atomic E-state index is 0.108. The maximum absolute atomic E-state index is 13.2. The zero-order valence-electron chi connectivity index (χ0n) is 17.2. The van der Waals surface area contributed by atoms with E-state index in [0.29, 0.717) is 25.6 Å². The van der Waals surface area contributed by atoms with Crippen LogP contribution >= 0.6 is 0 Å². The van der Waals surface area contributed by atoms with Crippen molar-refractivity contribution in [3.05, 3.63) is 65.5 Å². The highest BCUT2D eigenvalue weighted by atomic mass is 19.1. The molecule has 0 bridgehead atoms. The molecular formula is C23H30FN3O2. The molecule has 0 radical (unpaired) electrons. The number of hydrogen-bond donors (Lipinski definition) is 2. The Morgan fingerprint density at radius 1 is 1.14 bits per heavy atom. The van der Waals surface area contributed by atoms with Crippen LogP contribution in [0, 0.1) is 11.7 Å². The molecule has 0 unspecified atom stereocenters. The van der Waals surface area contributed by atoms with Crippen molar-refractivity contribution in [3.63, 3.8) is 0 Å². The SMILES string of the molecule is CC(C)COc1ccc(CN(Cc2ccc(F)cc2)C(=O)N[C@H]2CCNC2)cc1. The highest BCUT2D eigenvalue weighted by Crippen LogP contribution is 2.17. The van der Waals surface area contributed by atoms with E-state index in [1.165, 1.54) is 12.1 Å². The van der Waals surface area contributed by atoms with E-state index in [1.807, 2.05) is 24.3 Å². The summed E-state index contributed by atoms with van der Waals surface area (Å²) in [6, 6.07) is 14.2. The molecule has 29 heavy (non-hydrogen) atoms. The highest BCUT2D eigenvalue weighted by Gasteiger charge is 2.21. The van der Waals surface area contributed by atoms with Gasteiger partial charge in [0, 0.05) is 25.7 Å². The fourth-order valence-corrected chi connectivity index (χ4v) is 3.23. The van der Waals surface area contributed by atoms with Gasteiger partial charge in [-0.15, -0.1) is 0 Å². The molecule has 1 heterocycles. The Morgan fingerprint density at radius 3 is 2.31 bits per heavy atom. The largest absolute Gasteiger partial charge is 0.493 e. The van der Waals surface area contributed by atoms with Crippen molar-refractivity contribution in [1.82, 2.24) is 15.5 Å². The topological polar surface area (TPSA) is 53.6 Å². The molecule has 2 aromatic rings. The number of ether oxygens (including phenoxy) is 1. The number of hydrogen-bond acceptors (Lipinski definition) is 3. The summed E-state index contributed by atoms with van der Waals surface area (Å²) in [7, 11) is 0. The molecule has 1 aliphatic rings. The van der Waals surface area contributed by atoms with Crippen LogP contribution in [0.4, 0.5) is 9.18 Å². The highest BCUT2D eigenvalue weighted by molar-refractivity contribution is 5.74. The molecule has 3 rings (SSSR count). The van der Waals surface area contributed by atoms with Gasteiger partial charge in [0.15, 0.2) is 0 Å². The Kier molecular flexibility index (Phi) is 7.47. The molecule has 6 heteroatoms. The van der Waals surface area contributed by atoms with Crippen LogP contribution in [0.3, 0.4) is 0 Å². The van der Waals surface area contributed by atoms with Gasteiger partial charge in [0.2, 0.25) is 0 Å². The fraction of sp³-hybridized carbons (Fsp3) is 0.435. The van der Waals surface area contributed by atoms with Gasteiger partial charge in [0.05, 0.1) is 6.61 Å². The van der Waals surface area contributed by atoms with Crippen LogP contribution in [0.2, 0.25) is 0 Å². The van der Waals surface area contributed by atoms with Gasteiger partial charge in [-0.25, -0.2) is 9.18 Å². The van der Waals surface area contributed by atoms with Gasteiger partial charge in [-0.3, -0.25) is 0 Å². The first-order valence-electron chi connectivity index (χ1n) is 10.2. The molecule has 0 aromatic heterocycles. The lowest BCUT2D eigenvalue weighted by Crippen LogP contribution is -2.45. The first kappa shape index (κ1) is 21.1. The van der Waals surface area contributed by atoms with Crippen molar-refractivity contribution in [1.29, 1.82) is 0 Å². The Balaban J connectivity index is 1.67. The minimum Gasteiger partial charge on any atom is -0.493 e. The summed E-state index contributed by atoms with van der Waals surface area (Å²) in [6.07, 6.45) is 0.929. The molecule has 2 aromatic carbocycles. The quantitative estimate of drug-likeness (QED) is 0.707. The van der Waals surface area contributed by atoms with Gasteiger partial charge in [0.1, 0.15) is 11.6 Å². The number of halogens is 1. The Labute approximate surface area is 172 Å². The number of amides is 2. The number of carbonyl (C=O) groups excluding carboxylic acids is 1. The molecule has 0 aliphatic carbocycles. The van der Waals surface area contributed by atoms with E-state index in [2.05, 4.69) is 24.5 Å². The number of urea groups is 1. The molecule has 156 valence electrons. The third kappa shape index (κ3) is 6.75. The van der Waals surface area contributed by atoms with Crippen LogP contribution in [0.25, 0.3) is 0 Å². The molecule has 1 atom stereocenters. The third-order valence-electron chi connectivity index (χ3n) is 4.84. The Hall–Kier alpha value is -2.60. The van der Waals surface area contributed by atoms with Crippen molar-refractivity contribution in [3.8, 4) is 5.75 Å². The molecule has 5 nitrogen and oxygen atoms in total. The van der Waals surface area contributed by atoms with Crippen LogP contribution in [0.15, 0.2) is 48.5 Å². The van der Waals surface area contributed by atoms with Crippen molar-refractivity contribution in [2.75, 3.05) is 19.7 Å². The first-order valence-corrected chi connectivity index (χ1v) is 10.2. The fourth-order valence-electron chi connectivity index (χ4n) is 3.23. The molecule has 0 saturated carbocycles. The predicted octanol–water partition coefficient (Wildman–Crippen LogP) is 3.93. The normalized spacial score (nSPS) is 16.1. The summed E-state index contributed by atoms with van der Waals surface area (Å²) in [5, 5.41) is 6.36. The maximum Gasteiger partial charge on any atom is 0.318 e. The molecule has 2 amide bonds. The zero-order chi connectivity index (χ0) is 20.6. The second-order valence-corrected chi connectivity index (χ2v) is 7.97. The molecule has 1 fully saturated rings. The number of nitrogens with zero attached hydrogens (tertiary/aromatic N) is 1. The number of nitrogens with one attached hydrogen (secondary N) is 2. The van der Waals surface area contributed by atoms with E-state index < -0.39 is 0 Å². The zero-order valence-corrected chi connectivity index (χ0v) is 17.2. The lowest BCUT2D eigenvalue weighted by molar-refractivity contribution is 0.189. The van der Waals surface area contributed by atoms with Gasteiger partial charge in [0.25, 0.3) is 0 Å². The van der Waals surface area contributed by atoms with Gasteiger partial charge < -0.3 is 20.3 Å². The minimum atomic E-state index is -0.279. The smallest absolute Gasteiger partial charge is 0.318 e. The predicted molar refractivity (Wildman–Crippen MR) is 112 cm³/mol. The van der Waals surface area contributed by atoms with Crippen molar-refractivity contribution < 1.29 is 13.9 Å². The van der Waals surface area contributed by atoms with E-state index >= 15 is 0 Å². The van der Waals surface area contributed by atoms with Crippen molar-refractivity contribution in [2.24, 2.45) is 5.92 Å². The monoisotopic (exact) mass is 399 g/mol. The summed E-state index contributed by atoms with van der Waals surface area (Å²) < 4.78 is 19.0. The van der Waals surface area contributed by atoms with Gasteiger partial charge in [-0.05, 0) is 54.3 Å². The maximum atomic E-state index is 13.2. The average molecular weight is 400 g/mol. The Bertz CT molecular complexity index is 772. The molecule has 2 N–H and O–H groups in total. The van der Waals surface area contributed by atoms with Crippen LogP contribution in [0.1, 0.15) is 31.4 Å². The van der Waals surface area contributed by atoms with Crippen LogP contribution < -0.4 is 15.4 Å². The van der Waals surface area contributed by atoms with E-state index in [1.54, 1.807) is 17.0 Å². The number of benzene rings is 2. The molecular weight excluding hydrogens is 369 g/mol. The molecule has 0 spiro atoms. The second-order valence-electron chi connectivity index (χ2n) is 7.97. The van der Waals surface area contributed by atoms with Crippen LogP contribution in [-0.2, 0) is 13.1 Å². The van der Waals surface area contributed by atoms with Crippen LogP contribution in [0.5, 0.6) is 5.75 Å². The number of carbonyl (C=O) groups is 1. The van der Waals surface area contributed by atoms with E-state index in [9.17, 15) is 9.18 Å². The van der Waals surface area contributed by atoms with Gasteiger partial charge in [-0.1, -0.05) is 38.1 Å². The van der Waals surface area contributed by atoms with E-state index in [4.69, 9.17) is 4.74 Å². The molecule has 1 saturated heterocycles. The summed E-state index contributed by atoms with van der Waals surface area (Å²) in [6.45, 7) is 7.48. The standard InChI is InChI=1S/C23H30FN3O2/c1-17(2)16-29-22-9-5-19(6-10-22)15-27(14-18-3-7-20(24)8-4-18)23(28)26-21-11-12-25-13-21/h3-10,17,21,25H,11-16H2,1-2H3,(H,26,28)/t21-/m0/s1. The lowest BCUT2D eigenvalue weighted by Gasteiger charge is -2.25. The lowest BCUT2D eigenvalue weighted by atomic mass is 10.1. The van der Waals surface area contributed by atoms with E-state index in [0.717, 1.165) is 36.4 Å². The summed E-state index contributed by atoms with van der Waals surface area (Å²) in [4.78, 5) is 14.7. The first-order chi connectivity index (χ1) is 14.0. The summed E-state index contributed by atoms with van der Waals surface area (Å²) >= 11 is 0. The Morgan fingerprint density at radius 2 is 1.76 bits per heavy atom. The van der Waals surface area contributed by atoms with Crippen molar-refractivity contribution >= 4 is 6.03 Å². The van der Waals surface area contributed by atoms with Gasteiger partial charge in [-0.2, -0.15) is 0 Å².